The van der Waals surface area contributed by atoms with E-state index < -0.39 is 12.1 Å². The summed E-state index contributed by atoms with van der Waals surface area (Å²) < 4.78 is 50.4. The van der Waals surface area contributed by atoms with Gasteiger partial charge in [0.05, 0.1) is 6.61 Å². The summed E-state index contributed by atoms with van der Waals surface area (Å²) in [6.45, 7) is 5.61. The Morgan fingerprint density at radius 2 is 1.83 bits per heavy atom. The van der Waals surface area contributed by atoms with E-state index in [1.54, 1.807) is 19.2 Å². The quantitative estimate of drug-likeness (QED) is 0.697. The van der Waals surface area contributed by atoms with Gasteiger partial charge in [-0.25, -0.2) is 9.18 Å². The van der Waals surface area contributed by atoms with Crippen molar-refractivity contribution >= 4 is 11.9 Å². The molecule has 1 aromatic rings. The van der Waals surface area contributed by atoms with Crippen molar-refractivity contribution in [1.82, 2.24) is 9.80 Å². The van der Waals surface area contributed by atoms with Crippen molar-refractivity contribution in [3.05, 3.63) is 35.6 Å². The van der Waals surface area contributed by atoms with Crippen LogP contribution in [-0.4, -0.2) is 79.4 Å². The van der Waals surface area contributed by atoms with Gasteiger partial charge in [0.2, 0.25) is 5.91 Å². The van der Waals surface area contributed by atoms with Gasteiger partial charge in [-0.05, 0) is 31.0 Å². The lowest BCUT2D eigenvalue weighted by Crippen LogP contribution is -2.59. The molecule has 0 bridgehead atoms. The number of carboxylic acids is 1. The zero-order chi connectivity index (χ0) is 22.4. The molecule has 6 nitrogen and oxygen atoms in total. The van der Waals surface area contributed by atoms with Crippen molar-refractivity contribution < 1.29 is 37.0 Å². The molecule has 0 saturated carbocycles. The number of carbonyl (C=O) groups is 2. The summed E-state index contributed by atoms with van der Waals surface area (Å²) in [5.74, 6) is -2.83. The van der Waals surface area contributed by atoms with Crippen LogP contribution in [0.1, 0.15) is 18.4 Å². The highest BCUT2D eigenvalue weighted by molar-refractivity contribution is 5.77. The molecule has 1 N–H and O–H groups in total. The number of nitrogens with zero attached hydrogens (tertiary/aromatic N) is 2. The molecule has 0 radical (unpaired) electrons. The van der Waals surface area contributed by atoms with Crippen LogP contribution in [0.2, 0.25) is 0 Å². The minimum atomic E-state index is -5.08. The molecule has 2 saturated heterocycles. The summed E-state index contributed by atoms with van der Waals surface area (Å²) in [6.07, 6.45) is -3.05. The molecule has 0 aliphatic carbocycles. The number of hydrogen-bond donors (Lipinski definition) is 1. The summed E-state index contributed by atoms with van der Waals surface area (Å²) in [4.78, 5) is 25.5. The molecule has 30 heavy (non-hydrogen) atoms. The van der Waals surface area contributed by atoms with E-state index in [9.17, 15) is 22.4 Å². The lowest BCUT2D eigenvalue weighted by molar-refractivity contribution is -0.192. The summed E-state index contributed by atoms with van der Waals surface area (Å²) in [6, 6.07) is 6.69. The Labute approximate surface area is 172 Å². The van der Waals surface area contributed by atoms with Gasteiger partial charge >= 0.3 is 12.1 Å². The molecule has 168 valence electrons. The Balaban J connectivity index is 0.000000396. The number of carbonyl (C=O) groups excluding carboxylic acids is 1. The maximum atomic E-state index is 13.6. The van der Waals surface area contributed by atoms with Crippen LogP contribution >= 0.6 is 0 Å². The highest BCUT2D eigenvalue weighted by Crippen LogP contribution is 2.39. The predicted molar refractivity (Wildman–Crippen MR) is 100 cm³/mol. The van der Waals surface area contributed by atoms with E-state index in [1.807, 2.05) is 11.0 Å². The second-order valence-corrected chi connectivity index (χ2v) is 7.66. The van der Waals surface area contributed by atoms with Gasteiger partial charge in [0.15, 0.2) is 0 Å². The fourth-order valence-corrected chi connectivity index (χ4v) is 3.74. The van der Waals surface area contributed by atoms with E-state index in [-0.39, 0.29) is 11.7 Å². The zero-order valence-electron chi connectivity index (χ0n) is 16.8. The highest BCUT2D eigenvalue weighted by atomic mass is 19.4. The summed E-state index contributed by atoms with van der Waals surface area (Å²) >= 11 is 0. The SMILES string of the molecule is COCCN1CCC2(C1)CN(C(=O)CCc1ccccc1F)C2.O=C(O)C(F)(F)F. The second kappa shape index (κ2) is 10.2. The van der Waals surface area contributed by atoms with E-state index in [4.69, 9.17) is 14.6 Å². The monoisotopic (exact) mass is 434 g/mol. The van der Waals surface area contributed by atoms with Gasteiger partial charge in [-0.15, -0.1) is 0 Å². The smallest absolute Gasteiger partial charge is 0.475 e. The summed E-state index contributed by atoms with van der Waals surface area (Å²) in [5, 5.41) is 7.12. The van der Waals surface area contributed by atoms with Gasteiger partial charge < -0.3 is 19.6 Å². The Morgan fingerprint density at radius 1 is 1.20 bits per heavy atom. The fraction of sp³-hybridized carbons (Fsp3) is 0.600. The number of aryl methyl sites for hydroxylation is 1. The number of halogens is 4. The number of hydrogen-bond acceptors (Lipinski definition) is 4. The van der Waals surface area contributed by atoms with Crippen LogP contribution in [0.5, 0.6) is 0 Å². The van der Waals surface area contributed by atoms with Crippen LogP contribution in [0, 0.1) is 11.2 Å². The van der Waals surface area contributed by atoms with Crippen LogP contribution in [0.3, 0.4) is 0 Å². The Morgan fingerprint density at radius 3 is 2.40 bits per heavy atom. The van der Waals surface area contributed by atoms with Gasteiger partial charge in [0, 0.05) is 45.1 Å². The summed E-state index contributed by atoms with van der Waals surface area (Å²) in [7, 11) is 1.73. The molecule has 1 aromatic carbocycles. The maximum absolute atomic E-state index is 13.6. The number of ether oxygens (including phenoxy) is 1. The van der Waals surface area contributed by atoms with Gasteiger partial charge in [-0.3, -0.25) is 4.79 Å². The number of carboxylic acid groups (broad SMARTS) is 1. The van der Waals surface area contributed by atoms with E-state index in [0.29, 0.717) is 23.8 Å². The molecule has 2 aliphatic rings. The normalized spacial score (nSPS) is 18.0. The van der Waals surface area contributed by atoms with Gasteiger partial charge in [0.25, 0.3) is 0 Å². The highest BCUT2D eigenvalue weighted by Gasteiger charge is 2.48. The van der Waals surface area contributed by atoms with Crippen LogP contribution < -0.4 is 0 Å². The van der Waals surface area contributed by atoms with Gasteiger partial charge in [-0.1, -0.05) is 18.2 Å². The fourth-order valence-electron chi connectivity index (χ4n) is 3.74. The van der Waals surface area contributed by atoms with Crippen LogP contribution in [-0.2, 0) is 20.7 Å². The number of methoxy groups -OCH3 is 1. The lowest BCUT2D eigenvalue weighted by atomic mass is 9.79. The van der Waals surface area contributed by atoms with Crippen molar-refractivity contribution in [2.24, 2.45) is 5.41 Å². The van der Waals surface area contributed by atoms with Gasteiger partial charge in [0.1, 0.15) is 5.82 Å². The Hall–Kier alpha value is -2.20. The molecule has 0 atom stereocenters. The number of aliphatic carboxylic acids is 1. The number of rotatable bonds is 6. The molecule has 1 spiro atoms. The molecular weight excluding hydrogens is 408 g/mol. The van der Waals surface area contributed by atoms with Crippen molar-refractivity contribution in [2.75, 3.05) is 46.4 Å². The number of likely N-dealkylation sites (tertiary alicyclic amines) is 2. The van der Waals surface area contributed by atoms with Crippen LogP contribution in [0.25, 0.3) is 0 Å². The van der Waals surface area contributed by atoms with E-state index >= 15 is 0 Å². The molecule has 0 unspecified atom stereocenters. The minimum Gasteiger partial charge on any atom is -0.475 e. The van der Waals surface area contributed by atoms with E-state index in [1.165, 1.54) is 6.07 Å². The van der Waals surface area contributed by atoms with Crippen molar-refractivity contribution in [3.63, 3.8) is 0 Å². The molecule has 2 aliphatic heterocycles. The third kappa shape index (κ3) is 6.66. The molecule has 0 aromatic heterocycles. The van der Waals surface area contributed by atoms with Crippen molar-refractivity contribution in [3.8, 4) is 0 Å². The van der Waals surface area contributed by atoms with Crippen LogP contribution in [0.4, 0.5) is 17.6 Å². The standard InChI is InChI=1S/C18H25FN2O2.C2HF3O2/c1-23-11-10-20-9-8-18(12-20)13-21(14-18)17(22)7-6-15-4-2-3-5-16(15)19;3-2(4,5)1(6)7/h2-5H,6-14H2,1H3;(H,6,7). The molecule has 1 amide bonds. The maximum Gasteiger partial charge on any atom is 0.490 e. The van der Waals surface area contributed by atoms with E-state index in [0.717, 1.165) is 45.8 Å². The Bertz CT molecular complexity index is 736. The number of benzene rings is 1. The molecule has 3 rings (SSSR count). The lowest BCUT2D eigenvalue weighted by Gasteiger charge is -2.48. The molecule has 10 heteroatoms. The average Bonchev–Trinajstić information content (AvgIpc) is 3.09. The van der Waals surface area contributed by atoms with E-state index in [2.05, 4.69) is 4.90 Å². The second-order valence-electron chi connectivity index (χ2n) is 7.66. The van der Waals surface area contributed by atoms with Crippen molar-refractivity contribution in [1.29, 1.82) is 0 Å². The third-order valence-electron chi connectivity index (χ3n) is 5.34. The Kier molecular flexibility index (Phi) is 8.19. The molecule has 2 heterocycles. The third-order valence-corrected chi connectivity index (χ3v) is 5.34. The first-order chi connectivity index (χ1) is 14.1. The van der Waals surface area contributed by atoms with Crippen molar-refractivity contribution in [2.45, 2.75) is 25.4 Å². The minimum absolute atomic E-state index is 0.147. The molecular formula is C20H26F4N2O4. The summed E-state index contributed by atoms with van der Waals surface area (Å²) in [5.41, 5.74) is 0.921. The predicted octanol–water partition coefficient (Wildman–Crippen LogP) is 2.57. The number of amides is 1. The largest absolute Gasteiger partial charge is 0.490 e. The topological polar surface area (TPSA) is 70.1 Å². The molecule has 2 fully saturated rings. The number of alkyl halides is 3. The van der Waals surface area contributed by atoms with Gasteiger partial charge in [-0.2, -0.15) is 13.2 Å². The first-order valence-corrected chi connectivity index (χ1v) is 9.59. The van der Waals surface area contributed by atoms with Crippen LogP contribution in [0.15, 0.2) is 24.3 Å². The average molecular weight is 434 g/mol. The zero-order valence-corrected chi connectivity index (χ0v) is 16.8. The first-order valence-electron chi connectivity index (χ1n) is 9.59. The first kappa shape index (κ1) is 24.1.